The van der Waals surface area contributed by atoms with Gasteiger partial charge in [0, 0.05) is 16.8 Å². The van der Waals surface area contributed by atoms with Crippen LogP contribution in [0.25, 0.3) is 27.5 Å². The highest BCUT2D eigenvalue weighted by Crippen LogP contribution is 2.26. The number of hydrogen-bond acceptors (Lipinski definition) is 4. The lowest BCUT2D eigenvalue weighted by molar-refractivity contribution is 1.16. The van der Waals surface area contributed by atoms with Crippen LogP contribution in [-0.2, 0) is 0 Å². The summed E-state index contributed by atoms with van der Waals surface area (Å²) in [7, 11) is 0. The molecule has 0 fully saturated rings. The number of nitrogens with zero attached hydrogens (tertiary/aromatic N) is 5. The molecule has 0 spiro atoms. The van der Waals surface area contributed by atoms with Gasteiger partial charge in [0.25, 0.3) is 0 Å². The van der Waals surface area contributed by atoms with Gasteiger partial charge in [0.2, 0.25) is 5.69 Å². The van der Waals surface area contributed by atoms with Crippen LogP contribution in [0.3, 0.4) is 0 Å². The zero-order chi connectivity index (χ0) is 16.2. The Bertz CT molecular complexity index is 952. The number of aromatic nitrogens is 3. The van der Waals surface area contributed by atoms with Gasteiger partial charge in [-0.15, -0.1) is 0 Å². The molecule has 3 aromatic rings. The van der Waals surface area contributed by atoms with Crippen molar-refractivity contribution in [1.82, 2.24) is 15.0 Å². The van der Waals surface area contributed by atoms with Crippen LogP contribution in [0.5, 0.6) is 0 Å². The van der Waals surface area contributed by atoms with Crippen LogP contribution in [0.1, 0.15) is 5.56 Å². The number of nitriles is 1. The van der Waals surface area contributed by atoms with Crippen molar-refractivity contribution in [2.24, 2.45) is 0 Å². The fourth-order valence-electron chi connectivity index (χ4n) is 2.06. The van der Waals surface area contributed by atoms with Gasteiger partial charge in [-0.1, -0.05) is 17.7 Å². The summed E-state index contributed by atoms with van der Waals surface area (Å²) in [5.74, 6) is 0. The summed E-state index contributed by atoms with van der Waals surface area (Å²) >= 11 is 6.03. The third kappa shape index (κ3) is 3.16. The van der Waals surface area contributed by atoms with Gasteiger partial charge in [-0.25, -0.2) is 14.8 Å². The number of pyridine rings is 1. The third-order valence-corrected chi connectivity index (χ3v) is 3.35. The fraction of sp³-hybridized carbons (Fsp3) is 0. The van der Waals surface area contributed by atoms with E-state index in [1.165, 1.54) is 12.5 Å². The maximum atomic E-state index is 9.04. The molecule has 23 heavy (non-hydrogen) atoms. The second kappa shape index (κ2) is 6.23. The molecule has 0 N–H and O–H groups in total. The van der Waals surface area contributed by atoms with Gasteiger partial charge in [0.15, 0.2) is 0 Å². The van der Waals surface area contributed by atoms with E-state index in [-0.39, 0.29) is 0 Å². The van der Waals surface area contributed by atoms with Gasteiger partial charge in [0.05, 0.1) is 35.3 Å². The zero-order valence-electron chi connectivity index (χ0n) is 11.7. The molecule has 2 aromatic heterocycles. The minimum Gasteiger partial charge on any atom is -0.266 e. The third-order valence-electron chi connectivity index (χ3n) is 3.13. The smallest absolute Gasteiger partial charge is 0.205 e. The highest BCUT2D eigenvalue weighted by molar-refractivity contribution is 6.31. The molecule has 0 saturated carbocycles. The van der Waals surface area contributed by atoms with Crippen LogP contribution >= 0.6 is 11.6 Å². The van der Waals surface area contributed by atoms with Crippen LogP contribution in [0, 0.1) is 17.9 Å². The molecule has 0 atom stereocenters. The van der Waals surface area contributed by atoms with E-state index in [9.17, 15) is 0 Å². The largest absolute Gasteiger partial charge is 0.266 e. The summed E-state index contributed by atoms with van der Waals surface area (Å²) in [5.41, 5.74) is 3.58. The van der Waals surface area contributed by atoms with Crippen molar-refractivity contribution in [3.63, 3.8) is 0 Å². The Hall–Kier alpha value is -3.28. The maximum Gasteiger partial charge on any atom is 0.205 e. The molecular formula is C17H8ClN5. The highest BCUT2D eigenvalue weighted by atomic mass is 35.5. The summed E-state index contributed by atoms with van der Waals surface area (Å²) in [6.45, 7) is 6.94. The maximum absolute atomic E-state index is 9.04. The Kier molecular flexibility index (Phi) is 3.97. The van der Waals surface area contributed by atoms with Crippen LogP contribution in [-0.4, -0.2) is 15.0 Å². The van der Waals surface area contributed by atoms with Gasteiger partial charge < -0.3 is 0 Å². The monoisotopic (exact) mass is 317 g/mol. The molecule has 1 aromatic carbocycles. The standard InChI is InChI=1S/C17H8ClN5/c1-20-14-2-3-15(21-9-14)17-7-16(22-10-23-17)12-4-11(8-19)5-13(18)6-12/h2-7,9-10H. The zero-order valence-corrected chi connectivity index (χ0v) is 12.5. The Morgan fingerprint density at radius 3 is 2.52 bits per heavy atom. The number of rotatable bonds is 2. The molecule has 0 aliphatic carbocycles. The Morgan fingerprint density at radius 2 is 1.83 bits per heavy atom. The first-order chi connectivity index (χ1) is 11.2. The molecular weight excluding hydrogens is 310 g/mol. The highest BCUT2D eigenvalue weighted by Gasteiger charge is 2.07. The summed E-state index contributed by atoms with van der Waals surface area (Å²) < 4.78 is 0. The molecule has 0 aliphatic heterocycles. The predicted octanol–water partition coefficient (Wildman–Crippen LogP) is 4.28. The van der Waals surface area contributed by atoms with Crippen LogP contribution in [0.15, 0.2) is 48.9 Å². The lowest BCUT2D eigenvalue weighted by Crippen LogP contribution is -1.91. The second-order valence-corrected chi connectivity index (χ2v) is 5.08. The molecule has 2 heterocycles. The van der Waals surface area contributed by atoms with E-state index in [0.29, 0.717) is 33.4 Å². The minimum atomic E-state index is 0.465. The second-order valence-electron chi connectivity index (χ2n) is 4.64. The molecule has 6 heteroatoms. The normalized spacial score (nSPS) is 9.87. The van der Waals surface area contributed by atoms with Crippen molar-refractivity contribution in [2.45, 2.75) is 0 Å². The number of benzene rings is 1. The van der Waals surface area contributed by atoms with Gasteiger partial charge >= 0.3 is 0 Å². The van der Waals surface area contributed by atoms with E-state index in [1.54, 1.807) is 36.4 Å². The molecule has 3 rings (SSSR count). The lowest BCUT2D eigenvalue weighted by Gasteiger charge is -2.05. The van der Waals surface area contributed by atoms with Crippen molar-refractivity contribution >= 4 is 17.3 Å². The molecule has 108 valence electrons. The SMILES string of the molecule is [C-]#[N+]c1ccc(-c2cc(-c3cc(Cl)cc(C#N)c3)ncn2)nc1. The molecule has 0 amide bonds. The van der Waals surface area contributed by atoms with E-state index in [2.05, 4.69) is 25.9 Å². The van der Waals surface area contributed by atoms with Crippen LogP contribution < -0.4 is 0 Å². The minimum absolute atomic E-state index is 0.465. The van der Waals surface area contributed by atoms with E-state index < -0.39 is 0 Å². The van der Waals surface area contributed by atoms with Gasteiger partial charge in [-0.2, -0.15) is 5.26 Å². The number of halogens is 1. The van der Waals surface area contributed by atoms with Crippen molar-refractivity contribution in [3.05, 3.63) is 70.9 Å². The Morgan fingerprint density at radius 1 is 1.00 bits per heavy atom. The summed E-state index contributed by atoms with van der Waals surface area (Å²) in [6.07, 6.45) is 2.93. The van der Waals surface area contributed by atoms with Gasteiger partial charge in [-0.05, 0) is 30.3 Å². The first-order valence-corrected chi connectivity index (χ1v) is 6.94. The molecule has 5 nitrogen and oxygen atoms in total. The fourth-order valence-corrected chi connectivity index (χ4v) is 2.30. The predicted molar refractivity (Wildman–Crippen MR) is 86.7 cm³/mol. The average Bonchev–Trinajstić information content (AvgIpc) is 2.61. The Labute approximate surface area is 137 Å². The van der Waals surface area contributed by atoms with E-state index in [0.717, 1.165) is 5.56 Å². The summed E-state index contributed by atoms with van der Waals surface area (Å²) in [5, 5.41) is 9.51. The first kappa shape index (κ1) is 14.6. The van der Waals surface area contributed by atoms with Crippen molar-refractivity contribution in [3.8, 4) is 28.7 Å². The first-order valence-electron chi connectivity index (χ1n) is 6.56. The van der Waals surface area contributed by atoms with Gasteiger partial charge in [0.1, 0.15) is 6.33 Å². The Balaban J connectivity index is 2.05. The van der Waals surface area contributed by atoms with Crippen LogP contribution in [0.4, 0.5) is 5.69 Å². The van der Waals surface area contributed by atoms with Crippen LogP contribution in [0.2, 0.25) is 5.02 Å². The average molecular weight is 318 g/mol. The van der Waals surface area contributed by atoms with Gasteiger partial charge in [-0.3, -0.25) is 4.98 Å². The summed E-state index contributed by atoms with van der Waals surface area (Å²) in [4.78, 5) is 16.0. The molecule has 0 bridgehead atoms. The van der Waals surface area contributed by atoms with E-state index >= 15 is 0 Å². The topological polar surface area (TPSA) is 66.8 Å². The van der Waals surface area contributed by atoms with E-state index in [1.807, 2.05) is 0 Å². The number of hydrogen-bond donors (Lipinski definition) is 0. The quantitative estimate of drug-likeness (QED) is 0.661. The molecule has 0 unspecified atom stereocenters. The lowest BCUT2D eigenvalue weighted by atomic mass is 10.1. The summed E-state index contributed by atoms with van der Waals surface area (Å²) in [6, 6.07) is 12.3. The van der Waals surface area contributed by atoms with Crippen molar-refractivity contribution in [1.29, 1.82) is 5.26 Å². The van der Waals surface area contributed by atoms with Crippen molar-refractivity contribution < 1.29 is 0 Å². The molecule has 0 radical (unpaired) electrons. The van der Waals surface area contributed by atoms with Crippen molar-refractivity contribution in [2.75, 3.05) is 0 Å². The van der Waals surface area contributed by atoms with E-state index in [4.69, 9.17) is 23.4 Å². The molecule has 0 aliphatic rings. The molecule has 0 saturated heterocycles.